The van der Waals surface area contributed by atoms with Crippen molar-refractivity contribution in [3.8, 4) is 11.3 Å². The van der Waals surface area contributed by atoms with E-state index in [-0.39, 0.29) is 0 Å². The zero-order chi connectivity index (χ0) is 8.55. The van der Waals surface area contributed by atoms with Crippen LogP contribution in [0.15, 0.2) is 12.4 Å². The van der Waals surface area contributed by atoms with Crippen LogP contribution in [0.2, 0.25) is 0 Å². The van der Waals surface area contributed by atoms with Crippen molar-refractivity contribution in [3.05, 3.63) is 18.1 Å². The maximum atomic E-state index is 4.11. The van der Waals surface area contributed by atoms with E-state index in [2.05, 4.69) is 20.5 Å². The second-order valence-corrected chi connectivity index (χ2v) is 2.63. The molecular weight excluding hydrogens is 154 g/mol. The van der Waals surface area contributed by atoms with Gasteiger partial charge in [-0.25, -0.2) is 0 Å². The molecule has 2 rings (SSSR count). The van der Waals surface area contributed by atoms with Crippen LogP contribution in [0.3, 0.4) is 0 Å². The standard InChI is InChI=1S/C7H9N5/c1-5-6(3-9-12(5)2)7-4-8-11-10-7/h3-4H,1-2H3,(H,8,10,11). The summed E-state index contributed by atoms with van der Waals surface area (Å²) >= 11 is 0. The lowest BCUT2D eigenvalue weighted by molar-refractivity contribution is 0.740. The zero-order valence-corrected chi connectivity index (χ0v) is 6.94. The Morgan fingerprint density at radius 3 is 2.83 bits per heavy atom. The van der Waals surface area contributed by atoms with E-state index in [1.807, 2.05) is 18.7 Å². The number of hydrogen-bond acceptors (Lipinski definition) is 3. The first-order chi connectivity index (χ1) is 5.79. The zero-order valence-electron chi connectivity index (χ0n) is 6.94. The third-order valence-corrected chi connectivity index (χ3v) is 1.93. The van der Waals surface area contributed by atoms with Crippen LogP contribution in [0.1, 0.15) is 5.69 Å². The van der Waals surface area contributed by atoms with Crippen molar-refractivity contribution in [1.82, 2.24) is 25.2 Å². The van der Waals surface area contributed by atoms with Gasteiger partial charge in [0.15, 0.2) is 0 Å². The third-order valence-electron chi connectivity index (χ3n) is 1.93. The van der Waals surface area contributed by atoms with Crippen LogP contribution in [-0.2, 0) is 7.05 Å². The minimum Gasteiger partial charge on any atom is -0.272 e. The maximum Gasteiger partial charge on any atom is 0.116 e. The largest absolute Gasteiger partial charge is 0.272 e. The van der Waals surface area contributed by atoms with Gasteiger partial charge in [0.05, 0.1) is 12.4 Å². The second-order valence-electron chi connectivity index (χ2n) is 2.63. The van der Waals surface area contributed by atoms with Crippen molar-refractivity contribution in [2.45, 2.75) is 6.92 Å². The summed E-state index contributed by atoms with van der Waals surface area (Å²) < 4.78 is 1.81. The van der Waals surface area contributed by atoms with E-state index in [0.717, 1.165) is 17.0 Å². The van der Waals surface area contributed by atoms with E-state index >= 15 is 0 Å². The van der Waals surface area contributed by atoms with Crippen molar-refractivity contribution < 1.29 is 0 Å². The second kappa shape index (κ2) is 2.44. The number of rotatable bonds is 1. The number of hydrogen-bond donors (Lipinski definition) is 1. The van der Waals surface area contributed by atoms with E-state index in [1.165, 1.54) is 0 Å². The molecule has 62 valence electrons. The van der Waals surface area contributed by atoms with Crippen molar-refractivity contribution in [2.75, 3.05) is 0 Å². The predicted octanol–water partition coefficient (Wildman–Crippen LogP) is 0.514. The van der Waals surface area contributed by atoms with E-state index in [1.54, 1.807) is 12.4 Å². The molecule has 5 heteroatoms. The van der Waals surface area contributed by atoms with Crippen molar-refractivity contribution in [2.24, 2.45) is 7.05 Å². The van der Waals surface area contributed by atoms with Gasteiger partial charge in [-0.1, -0.05) is 5.21 Å². The highest BCUT2D eigenvalue weighted by atomic mass is 15.3. The highest BCUT2D eigenvalue weighted by Gasteiger charge is 2.07. The Balaban J connectivity index is 2.55. The lowest BCUT2D eigenvalue weighted by Crippen LogP contribution is -1.92. The molecule has 0 aliphatic carbocycles. The lowest BCUT2D eigenvalue weighted by Gasteiger charge is -1.94. The summed E-state index contributed by atoms with van der Waals surface area (Å²) in [5, 5.41) is 14.3. The molecule has 2 heterocycles. The van der Waals surface area contributed by atoms with Gasteiger partial charge in [0.1, 0.15) is 5.69 Å². The number of nitrogens with one attached hydrogen (secondary N) is 1. The van der Waals surface area contributed by atoms with Crippen LogP contribution in [0.5, 0.6) is 0 Å². The quantitative estimate of drug-likeness (QED) is 0.666. The monoisotopic (exact) mass is 163 g/mol. The average Bonchev–Trinajstić information content (AvgIpc) is 2.64. The van der Waals surface area contributed by atoms with Gasteiger partial charge < -0.3 is 0 Å². The fourth-order valence-corrected chi connectivity index (χ4v) is 1.08. The van der Waals surface area contributed by atoms with Crippen molar-refractivity contribution in [3.63, 3.8) is 0 Å². The number of aromatic nitrogens is 5. The van der Waals surface area contributed by atoms with Crippen LogP contribution in [-0.4, -0.2) is 25.2 Å². The van der Waals surface area contributed by atoms with Gasteiger partial charge in [0, 0.05) is 18.3 Å². The molecule has 12 heavy (non-hydrogen) atoms. The topological polar surface area (TPSA) is 59.4 Å². The molecule has 2 aromatic heterocycles. The molecule has 0 saturated carbocycles. The molecule has 0 atom stereocenters. The molecule has 0 saturated heterocycles. The molecule has 0 fully saturated rings. The maximum absolute atomic E-state index is 4.11. The van der Waals surface area contributed by atoms with Crippen LogP contribution in [0.4, 0.5) is 0 Å². The molecule has 5 nitrogen and oxygen atoms in total. The molecule has 0 aliphatic rings. The fourth-order valence-electron chi connectivity index (χ4n) is 1.08. The minimum absolute atomic E-state index is 0.834. The number of H-pyrrole nitrogens is 1. The summed E-state index contributed by atoms with van der Waals surface area (Å²) in [5.74, 6) is 0. The lowest BCUT2D eigenvalue weighted by atomic mass is 10.2. The molecule has 0 radical (unpaired) electrons. The molecule has 0 amide bonds. The Hall–Kier alpha value is -1.65. The Kier molecular flexibility index (Phi) is 1.43. The van der Waals surface area contributed by atoms with Gasteiger partial charge in [-0.2, -0.15) is 5.10 Å². The van der Waals surface area contributed by atoms with Crippen LogP contribution >= 0.6 is 0 Å². The van der Waals surface area contributed by atoms with E-state index in [4.69, 9.17) is 0 Å². The van der Waals surface area contributed by atoms with Crippen LogP contribution < -0.4 is 0 Å². The molecule has 0 spiro atoms. The highest BCUT2D eigenvalue weighted by molar-refractivity contribution is 5.59. The molecule has 0 aliphatic heterocycles. The molecule has 2 aromatic rings. The summed E-state index contributed by atoms with van der Waals surface area (Å²) in [6, 6.07) is 0. The Bertz CT molecular complexity index is 372. The van der Waals surface area contributed by atoms with Gasteiger partial charge >= 0.3 is 0 Å². The highest BCUT2D eigenvalue weighted by Crippen LogP contribution is 2.18. The van der Waals surface area contributed by atoms with Crippen LogP contribution in [0, 0.1) is 6.92 Å². The molecule has 1 N–H and O–H groups in total. The van der Waals surface area contributed by atoms with Crippen molar-refractivity contribution >= 4 is 0 Å². The number of aryl methyl sites for hydroxylation is 1. The normalized spacial score (nSPS) is 10.5. The summed E-state index contributed by atoms with van der Waals surface area (Å²) in [5.41, 5.74) is 2.94. The molecule has 0 aromatic carbocycles. The van der Waals surface area contributed by atoms with Gasteiger partial charge in [-0.3, -0.25) is 9.78 Å². The molecular formula is C7H9N5. The summed E-state index contributed by atoms with van der Waals surface area (Å²) in [6.45, 7) is 2.00. The summed E-state index contributed by atoms with van der Waals surface area (Å²) in [7, 11) is 1.90. The molecule has 0 unspecified atom stereocenters. The first-order valence-electron chi connectivity index (χ1n) is 3.64. The number of nitrogens with zero attached hydrogens (tertiary/aromatic N) is 4. The van der Waals surface area contributed by atoms with Gasteiger partial charge in [0.2, 0.25) is 0 Å². The van der Waals surface area contributed by atoms with Gasteiger partial charge in [0.25, 0.3) is 0 Å². The van der Waals surface area contributed by atoms with E-state index in [9.17, 15) is 0 Å². The van der Waals surface area contributed by atoms with Crippen LogP contribution in [0.25, 0.3) is 11.3 Å². The Morgan fingerprint density at radius 2 is 2.33 bits per heavy atom. The Labute approximate surface area is 69.4 Å². The van der Waals surface area contributed by atoms with E-state index < -0.39 is 0 Å². The minimum atomic E-state index is 0.834. The molecule has 0 bridgehead atoms. The van der Waals surface area contributed by atoms with E-state index in [0.29, 0.717) is 0 Å². The predicted molar refractivity (Wildman–Crippen MR) is 43.3 cm³/mol. The number of aromatic amines is 1. The van der Waals surface area contributed by atoms with Crippen molar-refractivity contribution in [1.29, 1.82) is 0 Å². The van der Waals surface area contributed by atoms with Gasteiger partial charge in [-0.05, 0) is 6.92 Å². The SMILES string of the molecule is Cc1c(-c2c[nH]nn2)cnn1C. The summed E-state index contributed by atoms with van der Waals surface area (Å²) in [4.78, 5) is 0. The third kappa shape index (κ3) is 0.903. The first-order valence-corrected chi connectivity index (χ1v) is 3.64. The first kappa shape index (κ1) is 7.02. The fraction of sp³-hybridized carbons (Fsp3) is 0.286. The Morgan fingerprint density at radius 1 is 1.50 bits per heavy atom. The van der Waals surface area contributed by atoms with Gasteiger partial charge in [-0.15, -0.1) is 5.10 Å². The smallest absolute Gasteiger partial charge is 0.116 e. The summed E-state index contributed by atoms with van der Waals surface area (Å²) in [6.07, 6.45) is 3.54. The average molecular weight is 163 g/mol.